The van der Waals surface area contributed by atoms with Gasteiger partial charge in [0.2, 0.25) is 10.0 Å². The van der Waals surface area contributed by atoms with E-state index in [1.54, 1.807) is 54.6 Å². The fourth-order valence-electron chi connectivity index (χ4n) is 3.38. The predicted octanol–water partition coefficient (Wildman–Crippen LogP) is 3.33. The van der Waals surface area contributed by atoms with Crippen molar-refractivity contribution in [1.82, 2.24) is 0 Å². The third-order valence-corrected chi connectivity index (χ3v) is 6.59. The van der Waals surface area contributed by atoms with Gasteiger partial charge in [-0.25, -0.2) is 8.42 Å². The lowest BCUT2D eigenvalue weighted by Crippen LogP contribution is -2.49. The number of hydrogen-bond donors (Lipinski definition) is 1. The van der Waals surface area contributed by atoms with E-state index in [1.165, 1.54) is 28.6 Å². The van der Waals surface area contributed by atoms with Gasteiger partial charge in [-0.2, -0.15) is 0 Å². The highest BCUT2D eigenvalue weighted by molar-refractivity contribution is 7.92. The Morgan fingerprint density at radius 2 is 1.78 bits per heavy atom. The summed E-state index contributed by atoms with van der Waals surface area (Å²) in [7, 11) is -3.82. The number of rotatable bonds is 6. The first-order valence-corrected chi connectivity index (χ1v) is 11.3. The van der Waals surface area contributed by atoms with Crippen molar-refractivity contribution in [3.05, 3.63) is 94.5 Å². The van der Waals surface area contributed by atoms with Crippen LogP contribution in [0.2, 0.25) is 0 Å². The van der Waals surface area contributed by atoms with Crippen molar-refractivity contribution in [3.8, 4) is 5.75 Å². The molecule has 0 radical (unpaired) electrons. The second-order valence-electron chi connectivity index (χ2n) is 7.14. The standard InChI is InChI=1S/C22H19N3O6S/c26-22(23-17-9-6-10-18(13-17)25(27)28)21-14-24(19-11-4-5-12-20(19)31-21)32(29,30)15-16-7-2-1-3-8-16/h1-13,21H,14-15H2,(H,23,26). The third kappa shape index (κ3) is 4.54. The van der Waals surface area contributed by atoms with Crippen LogP contribution in [-0.2, 0) is 20.6 Å². The van der Waals surface area contributed by atoms with Gasteiger partial charge in [0, 0.05) is 17.8 Å². The molecule has 0 aromatic heterocycles. The molecule has 0 saturated heterocycles. The summed E-state index contributed by atoms with van der Waals surface area (Å²) in [5.41, 5.74) is 1.01. The molecule has 164 valence electrons. The van der Waals surface area contributed by atoms with Crippen LogP contribution in [0, 0.1) is 10.1 Å². The Kier molecular flexibility index (Phi) is 5.78. The van der Waals surface area contributed by atoms with Gasteiger partial charge >= 0.3 is 0 Å². The van der Waals surface area contributed by atoms with Crippen LogP contribution in [-0.4, -0.2) is 31.9 Å². The molecule has 1 heterocycles. The number of fused-ring (bicyclic) bond motifs is 1. The summed E-state index contributed by atoms with van der Waals surface area (Å²) in [6, 6.07) is 20.8. The number of carbonyl (C=O) groups is 1. The van der Waals surface area contributed by atoms with Crippen molar-refractivity contribution in [2.75, 3.05) is 16.2 Å². The number of nitro groups is 1. The quantitative estimate of drug-likeness (QED) is 0.452. The molecular weight excluding hydrogens is 434 g/mol. The Hall–Kier alpha value is -3.92. The maximum atomic E-state index is 13.2. The fourth-order valence-corrected chi connectivity index (χ4v) is 4.97. The summed E-state index contributed by atoms with van der Waals surface area (Å²) in [5, 5.41) is 13.5. The average molecular weight is 453 g/mol. The zero-order valence-corrected chi connectivity index (χ0v) is 17.6. The molecule has 1 amide bonds. The first-order valence-electron chi connectivity index (χ1n) is 9.69. The molecule has 1 N–H and O–H groups in total. The number of nitro benzene ring substituents is 1. The largest absolute Gasteiger partial charge is 0.476 e. The molecule has 10 heteroatoms. The number of hydrogen-bond acceptors (Lipinski definition) is 6. The number of nitrogens with one attached hydrogen (secondary N) is 1. The number of sulfonamides is 1. The molecule has 0 aliphatic carbocycles. The smallest absolute Gasteiger partial charge is 0.271 e. The van der Waals surface area contributed by atoms with Crippen LogP contribution >= 0.6 is 0 Å². The highest BCUT2D eigenvalue weighted by Gasteiger charge is 2.36. The SMILES string of the molecule is O=C(Nc1cccc([N+](=O)[O-])c1)C1CN(S(=O)(=O)Cc2ccccc2)c2ccccc2O1. The van der Waals surface area contributed by atoms with Crippen molar-refractivity contribution in [3.63, 3.8) is 0 Å². The average Bonchev–Trinajstić information content (AvgIpc) is 2.78. The topological polar surface area (TPSA) is 119 Å². The number of carbonyl (C=O) groups excluding carboxylic acids is 1. The molecule has 9 nitrogen and oxygen atoms in total. The number of amides is 1. The maximum Gasteiger partial charge on any atom is 0.271 e. The maximum absolute atomic E-state index is 13.2. The Morgan fingerprint density at radius 3 is 2.53 bits per heavy atom. The van der Waals surface area contributed by atoms with Gasteiger partial charge in [0.25, 0.3) is 11.6 Å². The van der Waals surface area contributed by atoms with E-state index in [0.717, 1.165) is 0 Å². The summed E-state index contributed by atoms with van der Waals surface area (Å²) in [6.07, 6.45) is -1.14. The molecule has 3 aromatic rings. The van der Waals surface area contributed by atoms with Gasteiger partial charge < -0.3 is 10.1 Å². The van der Waals surface area contributed by atoms with E-state index < -0.39 is 27.0 Å². The van der Waals surface area contributed by atoms with E-state index >= 15 is 0 Å². The number of para-hydroxylation sites is 2. The van der Waals surface area contributed by atoms with Gasteiger partial charge in [-0.15, -0.1) is 0 Å². The minimum absolute atomic E-state index is 0.176. The second kappa shape index (κ2) is 8.67. The molecule has 4 rings (SSSR count). The number of nitrogens with zero attached hydrogens (tertiary/aromatic N) is 2. The molecule has 0 bridgehead atoms. The van der Waals surface area contributed by atoms with Gasteiger partial charge in [-0.1, -0.05) is 48.5 Å². The zero-order valence-electron chi connectivity index (χ0n) is 16.7. The molecule has 0 fully saturated rings. The minimum atomic E-state index is -3.82. The summed E-state index contributed by atoms with van der Waals surface area (Å²) in [4.78, 5) is 23.3. The Balaban J connectivity index is 1.60. The Labute approximate surface area is 184 Å². The Bertz CT molecular complexity index is 1260. The molecule has 0 saturated carbocycles. The van der Waals surface area contributed by atoms with Crippen molar-refractivity contribution >= 4 is 33.0 Å². The molecule has 0 spiro atoms. The normalized spacial score (nSPS) is 15.4. The highest BCUT2D eigenvalue weighted by atomic mass is 32.2. The van der Waals surface area contributed by atoms with Crippen molar-refractivity contribution in [2.24, 2.45) is 0 Å². The molecule has 3 aromatic carbocycles. The molecular formula is C22H19N3O6S. The van der Waals surface area contributed by atoms with Gasteiger partial charge in [0.15, 0.2) is 6.10 Å². The van der Waals surface area contributed by atoms with Crippen molar-refractivity contribution in [2.45, 2.75) is 11.9 Å². The minimum Gasteiger partial charge on any atom is -0.476 e. The predicted molar refractivity (Wildman–Crippen MR) is 119 cm³/mol. The van der Waals surface area contributed by atoms with E-state index in [-0.39, 0.29) is 29.4 Å². The van der Waals surface area contributed by atoms with Crippen LogP contribution in [0.5, 0.6) is 5.75 Å². The highest BCUT2D eigenvalue weighted by Crippen LogP contribution is 2.36. The van der Waals surface area contributed by atoms with Gasteiger partial charge in [0.1, 0.15) is 5.75 Å². The lowest BCUT2D eigenvalue weighted by Gasteiger charge is -2.34. The molecule has 32 heavy (non-hydrogen) atoms. The number of benzene rings is 3. The van der Waals surface area contributed by atoms with Crippen LogP contribution in [0.1, 0.15) is 5.56 Å². The monoisotopic (exact) mass is 453 g/mol. The number of ether oxygens (including phenoxy) is 1. The van der Waals surface area contributed by atoms with Crippen LogP contribution in [0.4, 0.5) is 17.1 Å². The van der Waals surface area contributed by atoms with E-state index in [4.69, 9.17) is 4.74 Å². The van der Waals surface area contributed by atoms with Crippen LogP contribution in [0.15, 0.2) is 78.9 Å². The lowest BCUT2D eigenvalue weighted by molar-refractivity contribution is -0.384. The fraction of sp³-hybridized carbons (Fsp3) is 0.136. The number of anilines is 2. The summed E-state index contributed by atoms with van der Waals surface area (Å²) < 4.78 is 33.4. The summed E-state index contributed by atoms with van der Waals surface area (Å²) >= 11 is 0. The van der Waals surface area contributed by atoms with E-state index in [1.807, 2.05) is 0 Å². The summed E-state index contributed by atoms with van der Waals surface area (Å²) in [6.45, 7) is -0.229. The first kappa shape index (κ1) is 21.3. The molecule has 1 atom stereocenters. The molecule has 1 aliphatic rings. The van der Waals surface area contributed by atoms with E-state index in [9.17, 15) is 23.3 Å². The van der Waals surface area contributed by atoms with E-state index in [2.05, 4.69) is 5.32 Å². The van der Waals surface area contributed by atoms with Gasteiger partial charge in [-0.3, -0.25) is 19.2 Å². The third-order valence-electron chi connectivity index (χ3n) is 4.88. The van der Waals surface area contributed by atoms with Crippen molar-refractivity contribution < 1.29 is 22.9 Å². The molecule has 1 aliphatic heterocycles. The van der Waals surface area contributed by atoms with Crippen LogP contribution in [0.25, 0.3) is 0 Å². The van der Waals surface area contributed by atoms with Crippen molar-refractivity contribution in [1.29, 1.82) is 0 Å². The van der Waals surface area contributed by atoms with Crippen LogP contribution < -0.4 is 14.4 Å². The van der Waals surface area contributed by atoms with Gasteiger partial charge in [0.05, 0.1) is 22.9 Å². The summed E-state index contributed by atoms with van der Waals surface area (Å²) in [5.74, 6) is -0.587. The lowest BCUT2D eigenvalue weighted by atomic mass is 10.2. The van der Waals surface area contributed by atoms with E-state index in [0.29, 0.717) is 11.3 Å². The van der Waals surface area contributed by atoms with Gasteiger partial charge in [-0.05, 0) is 23.8 Å². The Morgan fingerprint density at radius 1 is 1.06 bits per heavy atom. The second-order valence-corrected chi connectivity index (χ2v) is 9.04. The number of non-ortho nitro benzene ring substituents is 1. The molecule has 1 unspecified atom stereocenters. The van der Waals surface area contributed by atoms with Crippen LogP contribution in [0.3, 0.4) is 0 Å². The zero-order chi connectivity index (χ0) is 22.7. The first-order chi connectivity index (χ1) is 15.3.